The van der Waals surface area contributed by atoms with Crippen LogP contribution in [0.25, 0.3) is 10.9 Å². The van der Waals surface area contributed by atoms with Crippen LogP contribution in [0.4, 0.5) is 0 Å². The number of benzene rings is 1. The molecular formula is C12H14ClNS. The van der Waals surface area contributed by atoms with Crippen LogP contribution in [0.1, 0.15) is 6.92 Å². The van der Waals surface area contributed by atoms with Gasteiger partial charge in [-0.25, -0.2) is 0 Å². The van der Waals surface area contributed by atoms with Gasteiger partial charge in [-0.05, 0) is 29.3 Å². The Kier molecular flexibility index (Phi) is 3.60. The van der Waals surface area contributed by atoms with Crippen molar-refractivity contribution in [2.75, 3.05) is 11.5 Å². The lowest BCUT2D eigenvalue weighted by molar-refractivity contribution is 0.807. The molecule has 0 aliphatic heterocycles. The van der Waals surface area contributed by atoms with Crippen LogP contribution in [0.3, 0.4) is 0 Å². The Balaban J connectivity index is 2.23. The number of hydrogen-bond acceptors (Lipinski definition) is 1. The molecule has 2 rings (SSSR count). The van der Waals surface area contributed by atoms with E-state index in [0.717, 1.165) is 17.3 Å². The molecule has 0 atom stereocenters. The summed E-state index contributed by atoms with van der Waals surface area (Å²) in [6.07, 6.45) is 2.14. The largest absolute Gasteiger partial charge is 0.347 e. The minimum absolute atomic E-state index is 0.811. The van der Waals surface area contributed by atoms with Gasteiger partial charge in [-0.1, -0.05) is 24.6 Å². The lowest BCUT2D eigenvalue weighted by Crippen LogP contribution is -1.98. The molecule has 1 aromatic heterocycles. The first kappa shape index (κ1) is 10.9. The summed E-state index contributed by atoms with van der Waals surface area (Å²) in [5, 5.41) is 2.08. The summed E-state index contributed by atoms with van der Waals surface area (Å²) in [6, 6.07) is 8.19. The van der Waals surface area contributed by atoms with E-state index in [-0.39, 0.29) is 0 Å². The molecule has 0 amide bonds. The van der Waals surface area contributed by atoms with E-state index in [1.807, 2.05) is 23.9 Å². The van der Waals surface area contributed by atoms with Gasteiger partial charge >= 0.3 is 0 Å². The minimum atomic E-state index is 0.811. The van der Waals surface area contributed by atoms with Crippen LogP contribution in [0, 0.1) is 0 Å². The zero-order chi connectivity index (χ0) is 10.7. The quantitative estimate of drug-likeness (QED) is 0.729. The van der Waals surface area contributed by atoms with Crippen LogP contribution >= 0.6 is 23.4 Å². The summed E-state index contributed by atoms with van der Waals surface area (Å²) in [6.45, 7) is 3.25. The molecule has 1 aromatic carbocycles. The van der Waals surface area contributed by atoms with E-state index < -0.39 is 0 Å². The van der Waals surface area contributed by atoms with E-state index >= 15 is 0 Å². The SMILES string of the molecule is CCSCCn1ccc2ccc(Cl)cc21. The first-order chi connectivity index (χ1) is 7.31. The van der Waals surface area contributed by atoms with Crippen molar-refractivity contribution in [3.63, 3.8) is 0 Å². The molecule has 0 saturated carbocycles. The smallest absolute Gasteiger partial charge is 0.0495 e. The fourth-order valence-electron chi connectivity index (χ4n) is 1.66. The molecule has 0 aliphatic carbocycles. The van der Waals surface area contributed by atoms with Crippen LogP contribution in [-0.4, -0.2) is 16.1 Å². The maximum atomic E-state index is 5.99. The van der Waals surface area contributed by atoms with E-state index in [1.54, 1.807) is 0 Å². The number of aryl methyl sites for hydroxylation is 1. The third-order valence-corrected chi connectivity index (χ3v) is 3.53. The second kappa shape index (κ2) is 4.95. The maximum absolute atomic E-state index is 5.99. The lowest BCUT2D eigenvalue weighted by atomic mass is 10.2. The van der Waals surface area contributed by atoms with Crippen molar-refractivity contribution >= 4 is 34.3 Å². The number of rotatable bonds is 4. The van der Waals surface area contributed by atoms with Gasteiger partial charge in [0.15, 0.2) is 0 Å². The second-order valence-corrected chi connectivity index (χ2v) is 5.24. The van der Waals surface area contributed by atoms with E-state index in [0.29, 0.717) is 0 Å². The molecule has 0 N–H and O–H groups in total. The third kappa shape index (κ3) is 2.50. The Morgan fingerprint density at radius 3 is 3.00 bits per heavy atom. The predicted molar refractivity (Wildman–Crippen MR) is 69.9 cm³/mol. The first-order valence-electron chi connectivity index (χ1n) is 5.13. The number of thioether (sulfide) groups is 1. The van der Waals surface area contributed by atoms with E-state index in [1.165, 1.54) is 16.7 Å². The highest BCUT2D eigenvalue weighted by molar-refractivity contribution is 7.99. The van der Waals surface area contributed by atoms with Crippen molar-refractivity contribution < 1.29 is 0 Å². The molecule has 0 saturated heterocycles. The molecular weight excluding hydrogens is 226 g/mol. The Bertz CT molecular complexity index is 450. The number of hydrogen-bond donors (Lipinski definition) is 0. The molecule has 1 nitrogen and oxygen atoms in total. The Morgan fingerprint density at radius 2 is 2.20 bits per heavy atom. The standard InChI is InChI=1S/C12H14ClNS/c1-2-15-8-7-14-6-5-10-3-4-11(13)9-12(10)14/h3-6,9H,2,7-8H2,1H3. The molecule has 80 valence electrons. The number of nitrogens with zero attached hydrogens (tertiary/aromatic N) is 1. The molecule has 0 fully saturated rings. The first-order valence-corrected chi connectivity index (χ1v) is 6.66. The molecule has 0 aliphatic rings. The van der Waals surface area contributed by atoms with Gasteiger partial charge in [0.1, 0.15) is 0 Å². The Hall–Kier alpha value is -0.600. The summed E-state index contributed by atoms with van der Waals surface area (Å²) in [7, 11) is 0. The molecule has 0 unspecified atom stereocenters. The summed E-state index contributed by atoms with van der Waals surface area (Å²) in [5.41, 5.74) is 1.24. The summed E-state index contributed by atoms with van der Waals surface area (Å²) >= 11 is 7.96. The Morgan fingerprint density at radius 1 is 1.33 bits per heavy atom. The number of halogens is 1. The fourth-order valence-corrected chi connectivity index (χ4v) is 2.44. The van der Waals surface area contributed by atoms with Gasteiger partial charge in [0.2, 0.25) is 0 Å². The van der Waals surface area contributed by atoms with Crippen molar-refractivity contribution in [2.45, 2.75) is 13.5 Å². The Labute approximate surface area is 99.4 Å². The second-order valence-electron chi connectivity index (χ2n) is 3.41. The van der Waals surface area contributed by atoms with Crippen molar-refractivity contribution in [1.82, 2.24) is 4.57 Å². The molecule has 3 heteroatoms. The van der Waals surface area contributed by atoms with Crippen LogP contribution in [0.2, 0.25) is 5.02 Å². The maximum Gasteiger partial charge on any atom is 0.0495 e. The monoisotopic (exact) mass is 239 g/mol. The molecule has 0 spiro atoms. The fraction of sp³-hybridized carbons (Fsp3) is 0.333. The van der Waals surface area contributed by atoms with Crippen LogP contribution in [0.5, 0.6) is 0 Å². The highest BCUT2D eigenvalue weighted by Gasteiger charge is 2.00. The normalized spacial score (nSPS) is 11.1. The van der Waals surface area contributed by atoms with E-state index in [9.17, 15) is 0 Å². The van der Waals surface area contributed by atoms with Crippen molar-refractivity contribution in [1.29, 1.82) is 0 Å². The molecule has 1 heterocycles. The van der Waals surface area contributed by atoms with E-state index in [4.69, 9.17) is 11.6 Å². The third-order valence-electron chi connectivity index (χ3n) is 2.42. The minimum Gasteiger partial charge on any atom is -0.347 e. The highest BCUT2D eigenvalue weighted by Crippen LogP contribution is 2.20. The van der Waals surface area contributed by atoms with Gasteiger partial charge in [-0.15, -0.1) is 0 Å². The van der Waals surface area contributed by atoms with Crippen LogP contribution in [0.15, 0.2) is 30.5 Å². The average Bonchev–Trinajstić information content (AvgIpc) is 2.62. The lowest BCUT2D eigenvalue weighted by Gasteiger charge is -2.04. The van der Waals surface area contributed by atoms with Crippen LogP contribution in [-0.2, 0) is 6.54 Å². The van der Waals surface area contributed by atoms with E-state index in [2.05, 4.69) is 29.8 Å². The summed E-state index contributed by atoms with van der Waals surface area (Å²) in [4.78, 5) is 0. The highest BCUT2D eigenvalue weighted by atomic mass is 35.5. The van der Waals surface area contributed by atoms with Gasteiger partial charge < -0.3 is 4.57 Å². The molecule has 15 heavy (non-hydrogen) atoms. The summed E-state index contributed by atoms with van der Waals surface area (Å²) < 4.78 is 2.27. The summed E-state index contributed by atoms with van der Waals surface area (Å²) in [5.74, 6) is 2.34. The van der Waals surface area contributed by atoms with Crippen molar-refractivity contribution in [3.05, 3.63) is 35.5 Å². The van der Waals surface area contributed by atoms with Crippen molar-refractivity contribution in [2.24, 2.45) is 0 Å². The van der Waals surface area contributed by atoms with Gasteiger partial charge in [0.05, 0.1) is 0 Å². The van der Waals surface area contributed by atoms with Crippen LogP contribution < -0.4 is 0 Å². The number of fused-ring (bicyclic) bond motifs is 1. The van der Waals surface area contributed by atoms with Gasteiger partial charge in [-0.2, -0.15) is 11.8 Å². The predicted octanol–water partition coefficient (Wildman–Crippen LogP) is 4.05. The van der Waals surface area contributed by atoms with Gasteiger partial charge in [0, 0.05) is 29.0 Å². The zero-order valence-corrected chi connectivity index (χ0v) is 10.3. The molecule has 2 aromatic rings. The van der Waals surface area contributed by atoms with Gasteiger partial charge in [-0.3, -0.25) is 0 Å². The molecule has 0 bridgehead atoms. The van der Waals surface area contributed by atoms with Gasteiger partial charge in [0.25, 0.3) is 0 Å². The topological polar surface area (TPSA) is 4.93 Å². The molecule has 0 radical (unpaired) electrons. The zero-order valence-electron chi connectivity index (χ0n) is 8.74. The number of aromatic nitrogens is 1. The van der Waals surface area contributed by atoms with Crippen molar-refractivity contribution in [3.8, 4) is 0 Å². The average molecular weight is 240 g/mol.